The summed E-state index contributed by atoms with van der Waals surface area (Å²) >= 11 is 4.82. The van der Waals surface area contributed by atoms with Crippen molar-refractivity contribution in [3.63, 3.8) is 0 Å². The predicted octanol–water partition coefficient (Wildman–Crippen LogP) is 4.53. The molecular formula is C17H15BrN4OS. The van der Waals surface area contributed by atoms with Crippen molar-refractivity contribution >= 4 is 49.8 Å². The van der Waals surface area contributed by atoms with Crippen LogP contribution in [0.4, 0.5) is 16.6 Å². The molecule has 3 aromatic rings. The van der Waals surface area contributed by atoms with Crippen molar-refractivity contribution in [3.05, 3.63) is 63.7 Å². The zero-order valence-electron chi connectivity index (χ0n) is 12.9. The molecule has 0 fully saturated rings. The largest absolute Gasteiger partial charge is 0.326 e. The zero-order valence-corrected chi connectivity index (χ0v) is 15.3. The summed E-state index contributed by atoms with van der Waals surface area (Å²) in [6.45, 7) is 1.94. The van der Waals surface area contributed by atoms with E-state index in [1.54, 1.807) is 0 Å². The SMILES string of the molecule is Cc1cccc(Nc2nc(CC(=O)Nc3ccc(Br)cc3)cs2)n1. The fourth-order valence-corrected chi connectivity index (χ4v) is 3.05. The minimum absolute atomic E-state index is 0.0946. The molecule has 0 aliphatic heterocycles. The minimum atomic E-state index is -0.0946. The number of anilines is 3. The topological polar surface area (TPSA) is 66.9 Å². The summed E-state index contributed by atoms with van der Waals surface area (Å²) in [6.07, 6.45) is 0.232. The Kier molecular flexibility index (Phi) is 5.22. The van der Waals surface area contributed by atoms with Gasteiger partial charge in [-0.15, -0.1) is 11.3 Å². The summed E-state index contributed by atoms with van der Waals surface area (Å²) in [5.41, 5.74) is 2.43. The van der Waals surface area contributed by atoms with Gasteiger partial charge in [0.1, 0.15) is 5.82 Å². The number of aromatic nitrogens is 2. The molecule has 1 aromatic carbocycles. The van der Waals surface area contributed by atoms with Gasteiger partial charge >= 0.3 is 0 Å². The van der Waals surface area contributed by atoms with Crippen LogP contribution in [-0.4, -0.2) is 15.9 Å². The molecule has 0 spiro atoms. The molecule has 2 aromatic heterocycles. The van der Waals surface area contributed by atoms with E-state index in [1.165, 1.54) is 11.3 Å². The van der Waals surface area contributed by atoms with Gasteiger partial charge in [-0.2, -0.15) is 0 Å². The summed E-state index contributed by atoms with van der Waals surface area (Å²) in [4.78, 5) is 20.9. The van der Waals surface area contributed by atoms with E-state index in [9.17, 15) is 4.79 Å². The third-order valence-corrected chi connectivity index (χ3v) is 4.48. The molecule has 7 heteroatoms. The lowest BCUT2D eigenvalue weighted by Gasteiger charge is -2.04. The smallest absolute Gasteiger partial charge is 0.230 e. The number of nitrogens with zero attached hydrogens (tertiary/aromatic N) is 2. The van der Waals surface area contributed by atoms with Gasteiger partial charge in [-0.3, -0.25) is 4.79 Å². The Morgan fingerprint density at radius 2 is 1.96 bits per heavy atom. The van der Waals surface area contributed by atoms with Crippen molar-refractivity contribution in [2.45, 2.75) is 13.3 Å². The average Bonchev–Trinajstić information content (AvgIpc) is 2.96. The molecule has 0 atom stereocenters. The van der Waals surface area contributed by atoms with Crippen LogP contribution >= 0.6 is 27.3 Å². The molecule has 24 heavy (non-hydrogen) atoms. The molecular weight excluding hydrogens is 388 g/mol. The van der Waals surface area contributed by atoms with E-state index in [0.717, 1.165) is 32.5 Å². The molecule has 0 aliphatic carbocycles. The minimum Gasteiger partial charge on any atom is -0.326 e. The fourth-order valence-electron chi connectivity index (χ4n) is 2.07. The first-order chi connectivity index (χ1) is 11.6. The van der Waals surface area contributed by atoms with E-state index in [1.807, 2.05) is 54.8 Å². The lowest BCUT2D eigenvalue weighted by Crippen LogP contribution is -2.14. The highest BCUT2D eigenvalue weighted by Gasteiger charge is 2.09. The van der Waals surface area contributed by atoms with Crippen LogP contribution in [0.5, 0.6) is 0 Å². The monoisotopic (exact) mass is 402 g/mol. The van der Waals surface area contributed by atoms with Crippen molar-refractivity contribution < 1.29 is 4.79 Å². The van der Waals surface area contributed by atoms with Crippen molar-refractivity contribution in [2.24, 2.45) is 0 Å². The Morgan fingerprint density at radius 1 is 1.17 bits per heavy atom. The van der Waals surface area contributed by atoms with Gasteiger partial charge in [0.15, 0.2) is 5.13 Å². The number of carbonyl (C=O) groups excluding carboxylic acids is 1. The maximum Gasteiger partial charge on any atom is 0.230 e. The Labute approximate surface area is 152 Å². The van der Waals surface area contributed by atoms with Crippen molar-refractivity contribution in [2.75, 3.05) is 10.6 Å². The lowest BCUT2D eigenvalue weighted by atomic mass is 10.3. The number of halogens is 1. The standard InChI is InChI=1S/C17H15BrN4OS/c1-11-3-2-4-15(19-11)22-17-21-14(10-24-17)9-16(23)20-13-7-5-12(18)6-8-13/h2-8,10H,9H2,1H3,(H,20,23)(H,19,21,22). The van der Waals surface area contributed by atoms with Crippen LogP contribution < -0.4 is 10.6 Å². The molecule has 0 unspecified atom stereocenters. The van der Waals surface area contributed by atoms with E-state index in [2.05, 4.69) is 36.5 Å². The molecule has 3 rings (SSSR count). The number of thiazole rings is 1. The van der Waals surface area contributed by atoms with Gasteiger partial charge in [-0.1, -0.05) is 22.0 Å². The van der Waals surface area contributed by atoms with Crippen LogP contribution in [0.3, 0.4) is 0 Å². The highest BCUT2D eigenvalue weighted by molar-refractivity contribution is 9.10. The van der Waals surface area contributed by atoms with E-state index in [-0.39, 0.29) is 12.3 Å². The molecule has 0 saturated carbocycles. The van der Waals surface area contributed by atoms with Crippen LogP contribution in [0.1, 0.15) is 11.4 Å². The number of carbonyl (C=O) groups is 1. The van der Waals surface area contributed by atoms with Crippen LogP contribution in [0.2, 0.25) is 0 Å². The second kappa shape index (κ2) is 7.55. The second-order valence-corrected chi connectivity index (χ2v) is 6.94. The molecule has 5 nitrogen and oxygen atoms in total. The van der Waals surface area contributed by atoms with Gasteiger partial charge in [-0.25, -0.2) is 9.97 Å². The second-order valence-electron chi connectivity index (χ2n) is 5.17. The molecule has 0 aliphatic rings. The van der Waals surface area contributed by atoms with E-state index in [4.69, 9.17) is 0 Å². The van der Waals surface area contributed by atoms with E-state index in [0.29, 0.717) is 0 Å². The first-order valence-electron chi connectivity index (χ1n) is 7.29. The van der Waals surface area contributed by atoms with Crippen LogP contribution in [0, 0.1) is 6.92 Å². The number of pyridine rings is 1. The van der Waals surface area contributed by atoms with E-state index >= 15 is 0 Å². The molecule has 122 valence electrons. The van der Waals surface area contributed by atoms with Gasteiger partial charge in [0.25, 0.3) is 0 Å². The summed E-state index contributed by atoms with van der Waals surface area (Å²) in [5, 5.41) is 8.61. The number of hydrogen-bond acceptors (Lipinski definition) is 5. The maximum absolute atomic E-state index is 12.1. The summed E-state index contributed by atoms with van der Waals surface area (Å²) in [7, 11) is 0. The van der Waals surface area contributed by atoms with Gasteiger partial charge in [0.2, 0.25) is 5.91 Å². The number of aryl methyl sites for hydroxylation is 1. The number of nitrogens with one attached hydrogen (secondary N) is 2. The van der Waals surface area contributed by atoms with Gasteiger partial charge < -0.3 is 10.6 Å². The average molecular weight is 403 g/mol. The van der Waals surface area contributed by atoms with Gasteiger partial charge in [-0.05, 0) is 43.3 Å². The van der Waals surface area contributed by atoms with E-state index < -0.39 is 0 Å². The fraction of sp³-hybridized carbons (Fsp3) is 0.118. The Hall–Kier alpha value is -2.25. The Balaban J connectivity index is 1.59. The van der Waals surface area contributed by atoms with Gasteiger partial charge in [0, 0.05) is 21.2 Å². The Bertz CT molecular complexity index is 848. The normalized spacial score (nSPS) is 10.4. The molecule has 2 heterocycles. The summed E-state index contributed by atoms with van der Waals surface area (Å²) < 4.78 is 0.973. The first-order valence-corrected chi connectivity index (χ1v) is 8.96. The lowest BCUT2D eigenvalue weighted by molar-refractivity contribution is -0.115. The van der Waals surface area contributed by atoms with Crippen molar-refractivity contribution in [3.8, 4) is 0 Å². The molecule has 1 amide bonds. The van der Waals surface area contributed by atoms with Crippen LogP contribution in [-0.2, 0) is 11.2 Å². The van der Waals surface area contributed by atoms with Crippen molar-refractivity contribution in [1.29, 1.82) is 0 Å². The van der Waals surface area contributed by atoms with Crippen LogP contribution in [0.25, 0.3) is 0 Å². The predicted molar refractivity (Wildman–Crippen MR) is 101 cm³/mol. The maximum atomic E-state index is 12.1. The summed E-state index contributed by atoms with van der Waals surface area (Å²) in [5.74, 6) is 0.651. The quantitative estimate of drug-likeness (QED) is 0.657. The highest BCUT2D eigenvalue weighted by atomic mass is 79.9. The Morgan fingerprint density at radius 3 is 2.71 bits per heavy atom. The highest BCUT2D eigenvalue weighted by Crippen LogP contribution is 2.20. The summed E-state index contributed by atoms with van der Waals surface area (Å²) in [6, 6.07) is 13.2. The number of amides is 1. The molecule has 0 bridgehead atoms. The molecule has 2 N–H and O–H groups in total. The first kappa shape index (κ1) is 16.6. The van der Waals surface area contributed by atoms with Crippen LogP contribution in [0.15, 0.2) is 52.3 Å². The third kappa shape index (κ3) is 4.62. The van der Waals surface area contributed by atoms with Gasteiger partial charge in [0.05, 0.1) is 12.1 Å². The zero-order chi connectivity index (χ0) is 16.9. The third-order valence-electron chi connectivity index (χ3n) is 3.14. The van der Waals surface area contributed by atoms with Crippen molar-refractivity contribution in [1.82, 2.24) is 9.97 Å². The molecule has 0 radical (unpaired) electrons. The number of hydrogen-bond donors (Lipinski definition) is 2. The number of rotatable bonds is 5. The number of benzene rings is 1. The molecule has 0 saturated heterocycles.